The van der Waals surface area contributed by atoms with Gasteiger partial charge in [0.15, 0.2) is 0 Å². The van der Waals surface area contributed by atoms with Gasteiger partial charge in [-0.3, -0.25) is 9.48 Å². The van der Waals surface area contributed by atoms with Crippen molar-refractivity contribution >= 4 is 18.3 Å². The van der Waals surface area contributed by atoms with Crippen molar-refractivity contribution in [3.8, 4) is 0 Å². The molecular weight excluding hydrogens is 276 g/mol. The SMILES string of the molecule is Cc1nn(C)c(C)c1CNC(=O)[C@@H]1CCC[C@@H]1CN.Cl. The van der Waals surface area contributed by atoms with Gasteiger partial charge in [0, 0.05) is 30.8 Å². The van der Waals surface area contributed by atoms with Crippen LogP contribution in [-0.2, 0) is 18.4 Å². The van der Waals surface area contributed by atoms with Crippen LogP contribution >= 0.6 is 12.4 Å². The molecule has 1 aromatic heterocycles. The molecule has 114 valence electrons. The van der Waals surface area contributed by atoms with Gasteiger partial charge >= 0.3 is 0 Å². The van der Waals surface area contributed by atoms with Crippen LogP contribution in [0.5, 0.6) is 0 Å². The summed E-state index contributed by atoms with van der Waals surface area (Å²) in [6.45, 7) is 5.19. The number of aryl methyl sites for hydroxylation is 2. The van der Waals surface area contributed by atoms with E-state index in [9.17, 15) is 4.79 Å². The smallest absolute Gasteiger partial charge is 0.223 e. The van der Waals surface area contributed by atoms with E-state index in [4.69, 9.17) is 5.73 Å². The molecule has 2 atom stereocenters. The fourth-order valence-corrected chi connectivity index (χ4v) is 3.04. The molecule has 3 N–H and O–H groups in total. The normalized spacial score (nSPS) is 21.6. The summed E-state index contributed by atoms with van der Waals surface area (Å²) in [5, 5.41) is 7.41. The van der Waals surface area contributed by atoms with Crippen molar-refractivity contribution in [3.63, 3.8) is 0 Å². The van der Waals surface area contributed by atoms with E-state index < -0.39 is 0 Å². The highest BCUT2D eigenvalue weighted by Gasteiger charge is 2.31. The van der Waals surface area contributed by atoms with Crippen LogP contribution in [-0.4, -0.2) is 22.2 Å². The molecule has 0 unspecified atom stereocenters. The number of hydrogen-bond donors (Lipinski definition) is 2. The van der Waals surface area contributed by atoms with Gasteiger partial charge in [-0.1, -0.05) is 6.42 Å². The second-order valence-electron chi connectivity index (χ2n) is 5.52. The number of carbonyl (C=O) groups excluding carboxylic acids is 1. The van der Waals surface area contributed by atoms with Gasteiger partial charge < -0.3 is 11.1 Å². The Bertz CT molecular complexity index is 472. The van der Waals surface area contributed by atoms with Gasteiger partial charge in [0.1, 0.15) is 0 Å². The maximum Gasteiger partial charge on any atom is 0.223 e. The Kier molecular flexibility index (Phi) is 6.02. The number of rotatable bonds is 4. The Morgan fingerprint density at radius 1 is 1.45 bits per heavy atom. The maximum atomic E-state index is 12.2. The molecule has 0 bridgehead atoms. The number of aromatic nitrogens is 2. The Hall–Kier alpha value is -1.07. The third-order valence-electron chi connectivity index (χ3n) is 4.40. The highest BCUT2D eigenvalue weighted by molar-refractivity contribution is 5.85. The van der Waals surface area contributed by atoms with E-state index in [2.05, 4.69) is 10.4 Å². The Labute approximate surface area is 126 Å². The van der Waals surface area contributed by atoms with E-state index in [1.807, 2.05) is 25.6 Å². The Morgan fingerprint density at radius 3 is 2.70 bits per heavy atom. The summed E-state index contributed by atoms with van der Waals surface area (Å²) in [5.41, 5.74) is 8.95. The van der Waals surface area contributed by atoms with Crippen LogP contribution in [0.4, 0.5) is 0 Å². The lowest BCUT2D eigenvalue weighted by molar-refractivity contribution is -0.126. The fourth-order valence-electron chi connectivity index (χ4n) is 3.04. The topological polar surface area (TPSA) is 72.9 Å². The zero-order chi connectivity index (χ0) is 14.0. The zero-order valence-corrected chi connectivity index (χ0v) is 13.3. The summed E-state index contributed by atoms with van der Waals surface area (Å²) < 4.78 is 1.86. The fraction of sp³-hybridized carbons (Fsp3) is 0.714. The lowest BCUT2D eigenvalue weighted by atomic mass is 9.95. The van der Waals surface area contributed by atoms with Gasteiger partial charge in [0.05, 0.1) is 5.69 Å². The van der Waals surface area contributed by atoms with Crippen LogP contribution in [0.3, 0.4) is 0 Å². The minimum Gasteiger partial charge on any atom is -0.352 e. The maximum absolute atomic E-state index is 12.2. The minimum atomic E-state index is 0. The molecule has 1 aliphatic rings. The van der Waals surface area contributed by atoms with Gasteiger partial charge in [0.2, 0.25) is 5.91 Å². The number of nitrogens with zero attached hydrogens (tertiary/aromatic N) is 2. The highest BCUT2D eigenvalue weighted by atomic mass is 35.5. The molecule has 1 amide bonds. The number of halogens is 1. The van der Waals surface area contributed by atoms with E-state index in [0.717, 1.165) is 36.2 Å². The first-order valence-electron chi connectivity index (χ1n) is 7.01. The molecule has 6 heteroatoms. The quantitative estimate of drug-likeness (QED) is 0.884. The zero-order valence-electron chi connectivity index (χ0n) is 12.5. The minimum absolute atomic E-state index is 0. The van der Waals surface area contributed by atoms with Crippen LogP contribution in [0.2, 0.25) is 0 Å². The number of carbonyl (C=O) groups is 1. The van der Waals surface area contributed by atoms with Crippen LogP contribution < -0.4 is 11.1 Å². The Morgan fingerprint density at radius 2 is 2.15 bits per heavy atom. The van der Waals surface area contributed by atoms with Crippen molar-refractivity contribution in [1.82, 2.24) is 15.1 Å². The molecule has 5 nitrogen and oxygen atoms in total. The average Bonchev–Trinajstić information content (AvgIpc) is 2.94. The molecule has 0 aliphatic heterocycles. The molecule has 0 aromatic carbocycles. The summed E-state index contributed by atoms with van der Waals surface area (Å²) in [4.78, 5) is 12.2. The summed E-state index contributed by atoms with van der Waals surface area (Å²) in [6, 6.07) is 0. The van der Waals surface area contributed by atoms with Gasteiger partial charge in [-0.15, -0.1) is 12.4 Å². The molecule has 1 aliphatic carbocycles. The molecule has 2 rings (SSSR count). The number of hydrogen-bond acceptors (Lipinski definition) is 3. The molecule has 20 heavy (non-hydrogen) atoms. The van der Waals surface area contributed by atoms with E-state index in [-0.39, 0.29) is 24.2 Å². The Balaban J connectivity index is 0.00000200. The first kappa shape index (κ1) is 17.0. The molecule has 1 saturated carbocycles. The summed E-state index contributed by atoms with van der Waals surface area (Å²) >= 11 is 0. The summed E-state index contributed by atoms with van der Waals surface area (Å²) in [7, 11) is 1.93. The van der Waals surface area contributed by atoms with E-state index >= 15 is 0 Å². The van der Waals surface area contributed by atoms with Crippen LogP contribution in [0.15, 0.2) is 0 Å². The largest absolute Gasteiger partial charge is 0.352 e. The third kappa shape index (κ3) is 3.33. The van der Waals surface area contributed by atoms with Crippen molar-refractivity contribution in [2.75, 3.05) is 6.54 Å². The predicted molar refractivity (Wildman–Crippen MR) is 81.7 cm³/mol. The van der Waals surface area contributed by atoms with Crippen molar-refractivity contribution in [2.24, 2.45) is 24.6 Å². The first-order chi connectivity index (χ1) is 9.04. The number of nitrogens with two attached hydrogens (primary N) is 1. The average molecular weight is 301 g/mol. The number of nitrogens with one attached hydrogen (secondary N) is 1. The molecule has 1 heterocycles. The van der Waals surface area contributed by atoms with E-state index in [1.165, 1.54) is 0 Å². The van der Waals surface area contributed by atoms with Gasteiger partial charge in [-0.2, -0.15) is 5.10 Å². The molecule has 1 fully saturated rings. The highest BCUT2D eigenvalue weighted by Crippen LogP contribution is 2.31. The molecule has 0 radical (unpaired) electrons. The standard InChI is InChI=1S/C14H24N4O.ClH/c1-9-13(10(2)18(3)17-9)8-16-14(19)12-6-4-5-11(12)7-15;/h11-12H,4-8,15H2,1-3H3,(H,16,19);1H/t11-,12-;/m1./s1. The van der Waals surface area contributed by atoms with Crippen LogP contribution in [0.1, 0.15) is 36.2 Å². The summed E-state index contributed by atoms with van der Waals surface area (Å²) in [6.07, 6.45) is 3.17. The monoisotopic (exact) mass is 300 g/mol. The van der Waals surface area contributed by atoms with Crippen molar-refractivity contribution in [3.05, 3.63) is 17.0 Å². The van der Waals surface area contributed by atoms with Crippen LogP contribution in [0.25, 0.3) is 0 Å². The predicted octanol–water partition coefficient (Wildman–Crippen LogP) is 1.45. The van der Waals surface area contributed by atoms with E-state index in [1.54, 1.807) is 0 Å². The van der Waals surface area contributed by atoms with Gasteiger partial charge in [0.25, 0.3) is 0 Å². The lowest BCUT2D eigenvalue weighted by Crippen LogP contribution is -2.34. The van der Waals surface area contributed by atoms with Crippen molar-refractivity contribution in [1.29, 1.82) is 0 Å². The van der Waals surface area contributed by atoms with Crippen molar-refractivity contribution in [2.45, 2.75) is 39.7 Å². The molecule has 0 spiro atoms. The summed E-state index contributed by atoms with van der Waals surface area (Å²) in [5.74, 6) is 0.606. The molecule has 1 aromatic rings. The molecule has 0 saturated heterocycles. The second kappa shape index (κ2) is 7.09. The molecular formula is C14H25ClN4O. The second-order valence-corrected chi connectivity index (χ2v) is 5.52. The number of amides is 1. The van der Waals surface area contributed by atoms with Crippen molar-refractivity contribution < 1.29 is 4.79 Å². The van der Waals surface area contributed by atoms with Crippen LogP contribution in [0, 0.1) is 25.7 Å². The van der Waals surface area contributed by atoms with E-state index in [0.29, 0.717) is 19.0 Å². The first-order valence-corrected chi connectivity index (χ1v) is 7.01. The third-order valence-corrected chi connectivity index (χ3v) is 4.40. The lowest BCUT2D eigenvalue weighted by Gasteiger charge is -2.17. The van der Waals surface area contributed by atoms with Gasteiger partial charge in [-0.05, 0) is 39.2 Å². The van der Waals surface area contributed by atoms with Gasteiger partial charge in [-0.25, -0.2) is 0 Å².